The summed E-state index contributed by atoms with van der Waals surface area (Å²) in [6, 6.07) is 7.54. The molecule has 3 atom stereocenters. The van der Waals surface area contributed by atoms with Crippen LogP contribution in [0.3, 0.4) is 0 Å². The Morgan fingerprint density at radius 1 is 1.26 bits per heavy atom. The van der Waals surface area contributed by atoms with Gasteiger partial charge in [0.05, 0.1) is 10.7 Å². The van der Waals surface area contributed by atoms with Gasteiger partial charge >= 0.3 is 0 Å². The number of nitrogens with zero attached hydrogens (tertiary/aromatic N) is 2. The summed E-state index contributed by atoms with van der Waals surface area (Å²) in [5, 5.41) is 9.67. The molecule has 0 radical (unpaired) electrons. The van der Waals surface area contributed by atoms with E-state index in [1.54, 1.807) is 6.07 Å². The molecule has 0 aromatic carbocycles. The van der Waals surface area contributed by atoms with Crippen LogP contribution in [0.15, 0.2) is 42.6 Å². The predicted octanol–water partition coefficient (Wildman–Crippen LogP) is 4.61. The number of piperidine rings is 1. The number of hydrogen-bond acceptors (Lipinski definition) is 6. The van der Waals surface area contributed by atoms with Crippen molar-refractivity contribution >= 4 is 29.1 Å². The molecule has 2 aromatic heterocycles. The first-order valence-corrected chi connectivity index (χ1v) is 12.7. The van der Waals surface area contributed by atoms with Crippen molar-refractivity contribution in [2.45, 2.75) is 43.8 Å². The minimum Gasteiger partial charge on any atom is -0.381 e. The van der Waals surface area contributed by atoms with Crippen LogP contribution in [0.25, 0.3) is 11.3 Å². The van der Waals surface area contributed by atoms with Crippen LogP contribution in [0.1, 0.15) is 32.1 Å². The van der Waals surface area contributed by atoms with Gasteiger partial charge in [-0.25, -0.2) is 14.4 Å². The van der Waals surface area contributed by atoms with E-state index >= 15 is 4.39 Å². The molecule has 3 N–H and O–H groups in total. The van der Waals surface area contributed by atoms with Gasteiger partial charge in [0.15, 0.2) is 0 Å². The van der Waals surface area contributed by atoms with Gasteiger partial charge in [-0.15, -0.1) is 0 Å². The second-order valence-corrected chi connectivity index (χ2v) is 10.1. The lowest BCUT2D eigenvalue weighted by Crippen LogP contribution is -2.56. The summed E-state index contributed by atoms with van der Waals surface area (Å²) in [4.78, 5) is 21.7. The minimum atomic E-state index is -1.97. The molecule has 0 spiro atoms. The lowest BCUT2D eigenvalue weighted by molar-refractivity contribution is -0.129. The number of nitrogens with one attached hydrogen (secondary N) is 3. The Morgan fingerprint density at radius 3 is 2.80 bits per heavy atom. The number of carbonyl (C=O) groups excluding carboxylic acids is 1. The number of hydrogen-bond donors (Lipinski definition) is 3. The third-order valence-electron chi connectivity index (χ3n) is 7.25. The maximum Gasteiger partial charge on any atom is 0.264 e. The molecule has 0 bridgehead atoms. The number of carbonyl (C=O) groups is 1. The number of anilines is 2. The lowest BCUT2D eigenvalue weighted by Gasteiger charge is -2.38. The number of amides is 1. The van der Waals surface area contributed by atoms with Gasteiger partial charge in [0, 0.05) is 44.1 Å². The van der Waals surface area contributed by atoms with E-state index in [1.165, 1.54) is 6.20 Å². The van der Waals surface area contributed by atoms with Crippen LogP contribution in [0.4, 0.5) is 16.0 Å². The molecule has 1 amide bonds. The van der Waals surface area contributed by atoms with Gasteiger partial charge in [0.2, 0.25) is 5.67 Å². The third kappa shape index (κ3) is 5.66. The highest BCUT2D eigenvalue weighted by Crippen LogP contribution is 2.33. The average Bonchev–Trinajstić information content (AvgIpc) is 2.85. The van der Waals surface area contributed by atoms with Gasteiger partial charge in [-0.05, 0) is 62.1 Å². The van der Waals surface area contributed by atoms with Crippen LogP contribution in [0.2, 0.25) is 5.02 Å². The van der Waals surface area contributed by atoms with Crippen LogP contribution < -0.4 is 16.0 Å². The van der Waals surface area contributed by atoms with Gasteiger partial charge in [0.25, 0.3) is 5.91 Å². The van der Waals surface area contributed by atoms with Crippen molar-refractivity contribution in [1.82, 2.24) is 15.3 Å². The van der Waals surface area contributed by atoms with Gasteiger partial charge in [-0.2, -0.15) is 0 Å². The second-order valence-electron chi connectivity index (χ2n) is 9.67. The fourth-order valence-corrected chi connectivity index (χ4v) is 5.03. The number of rotatable bonds is 7. The summed E-state index contributed by atoms with van der Waals surface area (Å²) < 4.78 is 20.9. The summed E-state index contributed by atoms with van der Waals surface area (Å²) in [5.41, 5.74) is -0.703. The SMILES string of the molecule is O=C(Nc1cc(-c2cccc(NCC3CCOCC3)n2)c(Cl)cn1)C1(F)CCC(C2C=CC2)NC1. The average molecular weight is 500 g/mol. The van der Waals surface area contributed by atoms with Crippen molar-refractivity contribution in [3.8, 4) is 11.3 Å². The normalized spacial score (nSPS) is 26.7. The molecular weight excluding hydrogens is 469 g/mol. The van der Waals surface area contributed by atoms with E-state index in [4.69, 9.17) is 21.3 Å². The standard InChI is InChI=1S/C26H31ClFN5O2/c27-20-15-30-24(33-25(34)26(28)10-7-21(31-16-26)18-3-1-4-18)13-19(20)22-5-2-6-23(32-22)29-14-17-8-11-35-12-9-17/h1-3,5-6,13,15,17-18,21,31H,4,7-12,14,16H2,(H,29,32)(H,30,33,34). The molecule has 1 aliphatic carbocycles. The molecule has 7 nitrogen and oxygen atoms in total. The maximum absolute atomic E-state index is 15.4. The van der Waals surface area contributed by atoms with Gasteiger partial charge in [-0.1, -0.05) is 29.8 Å². The predicted molar refractivity (Wildman–Crippen MR) is 135 cm³/mol. The molecule has 2 aliphatic heterocycles. The van der Waals surface area contributed by atoms with E-state index < -0.39 is 11.6 Å². The van der Waals surface area contributed by atoms with Gasteiger partial charge < -0.3 is 20.7 Å². The van der Waals surface area contributed by atoms with Crippen molar-refractivity contribution in [3.63, 3.8) is 0 Å². The molecule has 2 fully saturated rings. The highest BCUT2D eigenvalue weighted by Gasteiger charge is 2.43. The van der Waals surface area contributed by atoms with Gasteiger partial charge in [0.1, 0.15) is 11.6 Å². The smallest absolute Gasteiger partial charge is 0.264 e. The number of pyridine rings is 2. The summed E-state index contributed by atoms with van der Waals surface area (Å²) in [7, 11) is 0. The van der Waals surface area contributed by atoms with Crippen LogP contribution in [-0.4, -0.2) is 53.9 Å². The number of ether oxygens (including phenoxy) is 1. The number of allylic oxidation sites excluding steroid dienone is 1. The summed E-state index contributed by atoms with van der Waals surface area (Å²) >= 11 is 6.42. The minimum absolute atomic E-state index is 0.00330. The van der Waals surface area contributed by atoms with Crippen LogP contribution in [0.5, 0.6) is 0 Å². The molecule has 4 heterocycles. The molecule has 3 unspecified atom stereocenters. The molecule has 3 aliphatic rings. The van der Waals surface area contributed by atoms with E-state index in [1.807, 2.05) is 18.2 Å². The zero-order valence-corrected chi connectivity index (χ0v) is 20.4. The zero-order valence-electron chi connectivity index (χ0n) is 19.6. The largest absolute Gasteiger partial charge is 0.381 e. The maximum atomic E-state index is 15.4. The highest BCUT2D eigenvalue weighted by atomic mass is 35.5. The van der Waals surface area contributed by atoms with Crippen molar-refractivity contribution < 1.29 is 13.9 Å². The Balaban J connectivity index is 1.24. The molecule has 0 saturated carbocycles. The van der Waals surface area contributed by atoms with Crippen LogP contribution in [0, 0.1) is 11.8 Å². The Morgan fingerprint density at radius 2 is 2.09 bits per heavy atom. The van der Waals surface area contributed by atoms with E-state index in [9.17, 15) is 4.79 Å². The molecular formula is C26H31ClFN5O2. The third-order valence-corrected chi connectivity index (χ3v) is 7.55. The lowest BCUT2D eigenvalue weighted by atomic mass is 9.80. The summed E-state index contributed by atoms with van der Waals surface area (Å²) in [5.74, 6) is 1.31. The second kappa shape index (κ2) is 10.6. The van der Waals surface area contributed by atoms with E-state index in [0.29, 0.717) is 34.5 Å². The van der Waals surface area contributed by atoms with Crippen molar-refractivity contribution in [3.05, 3.63) is 47.6 Å². The fourth-order valence-electron chi connectivity index (χ4n) is 4.83. The fraction of sp³-hybridized carbons (Fsp3) is 0.500. The Bertz CT molecular complexity index is 1080. The summed E-state index contributed by atoms with van der Waals surface area (Å²) in [6.45, 7) is 2.43. The number of aromatic nitrogens is 2. The van der Waals surface area contributed by atoms with Crippen molar-refractivity contribution in [1.29, 1.82) is 0 Å². The Labute approximate surface area is 209 Å². The summed E-state index contributed by atoms with van der Waals surface area (Å²) in [6.07, 6.45) is 9.61. The van der Waals surface area contributed by atoms with E-state index in [2.05, 4.69) is 33.1 Å². The zero-order chi connectivity index (χ0) is 24.3. The van der Waals surface area contributed by atoms with Crippen molar-refractivity contribution in [2.75, 3.05) is 36.9 Å². The monoisotopic (exact) mass is 499 g/mol. The molecule has 5 rings (SSSR count). The molecule has 186 valence electrons. The first-order valence-electron chi connectivity index (χ1n) is 12.4. The van der Waals surface area contributed by atoms with Crippen LogP contribution >= 0.6 is 11.6 Å². The quantitative estimate of drug-likeness (QED) is 0.482. The first kappa shape index (κ1) is 24.2. The van der Waals surface area contributed by atoms with Crippen molar-refractivity contribution in [2.24, 2.45) is 11.8 Å². The number of alkyl halides is 1. The Kier molecular flexibility index (Phi) is 7.32. The van der Waals surface area contributed by atoms with Gasteiger partial charge in [-0.3, -0.25) is 4.79 Å². The molecule has 2 aromatic rings. The van der Waals surface area contributed by atoms with Crippen LogP contribution in [-0.2, 0) is 9.53 Å². The highest BCUT2D eigenvalue weighted by molar-refractivity contribution is 6.33. The Hall–Kier alpha value is -2.55. The van der Waals surface area contributed by atoms with E-state index in [-0.39, 0.29) is 24.8 Å². The molecule has 2 saturated heterocycles. The van der Waals surface area contributed by atoms with E-state index in [0.717, 1.165) is 44.8 Å². The first-order chi connectivity index (χ1) is 17.0. The molecule has 35 heavy (non-hydrogen) atoms. The topological polar surface area (TPSA) is 88.2 Å². The number of halogens is 2. The molecule has 9 heteroatoms.